The van der Waals surface area contributed by atoms with E-state index in [4.69, 9.17) is 10.5 Å². The molecule has 3 unspecified atom stereocenters. The predicted octanol–water partition coefficient (Wildman–Crippen LogP) is 2.07. The van der Waals surface area contributed by atoms with Gasteiger partial charge in [0.2, 0.25) is 0 Å². The van der Waals surface area contributed by atoms with Crippen molar-refractivity contribution in [2.24, 2.45) is 17.6 Å². The second kappa shape index (κ2) is 3.21. The first-order valence-electron chi connectivity index (χ1n) is 6.19. The fourth-order valence-corrected chi connectivity index (χ4v) is 3.49. The summed E-state index contributed by atoms with van der Waals surface area (Å²) in [7, 11) is 0. The molecule has 1 saturated heterocycles. The van der Waals surface area contributed by atoms with Crippen molar-refractivity contribution in [1.29, 1.82) is 0 Å². The standard InChI is InChI=1S/C12H21NO/c13-11-3-2-10(11)9-4-7-14-12(8-9)5-1-6-12/h9-11H,1-8,13H2. The lowest BCUT2D eigenvalue weighted by Gasteiger charge is -2.51. The fourth-order valence-electron chi connectivity index (χ4n) is 3.49. The van der Waals surface area contributed by atoms with Gasteiger partial charge in [-0.1, -0.05) is 0 Å². The second-order valence-corrected chi connectivity index (χ2v) is 5.54. The van der Waals surface area contributed by atoms with Gasteiger partial charge in [-0.25, -0.2) is 0 Å². The Morgan fingerprint density at radius 2 is 2.00 bits per heavy atom. The van der Waals surface area contributed by atoms with Crippen LogP contribution in [0.15, 0.2) is 0 Å². The Labute approximate surface area is 86.2 Å². The summed E-state index contributed by atoms with van der Waals surface area (Å²) >= 11 is 0. The molecule has 3 rings (SSSR count). The van der Waals surface area contributed by atoms with Crippen LogP contribution in [0.4, 0.5) is 0 Å². The maximum Gasteiger partial charge on any atom is 0.0685 e. The van der Waals surface area contributed by atoms with Crippen LogP contribution in [0.1, 0.15) is 44.9 Å². The molecule has 14 heavy (non-hydrogen) atoms. The molecule has 2 nitrogen and oxygen atoms in total. The van der Waals surface area contributed by atoms with Crippen molar-refractivity contribution in [3.8, 4) is 0 Å². The molecule has 1 spiro atoms. The fraction of sp³-hybridized carbons (Fsp3) is 1.00. The smallest absolute Gasteiger partial charge is 0.0685 e. The van der Waals surface area contributed by atoms with Crippen molar-refractivity contribution in [1.82, 2.24) is 0 Å². The first-order valence-corrected chi connectivity index (χ1v) is 6.19. The Bertz CT molecular complexity index is 224. The zero-order chi connectivity index (χ0) is 9.60. The SMILES string of the molecule is NC1CCC1C1CCOC2(CCC2)C1. The summed E-state index contributed by atoms with van der Waals surface area (Å²) in [5, 5.41) is 0. The summed E-state index contributed by atoms with van der Waals surface area (Å²) in [6.45, 7) is 0.994. The summed E-state index contributed by atoms with van der Waals surface area (Å²) in [6, 6.07) is 0.509. The molecule has 2 heteroatoms. The first-order chi connectivity index (χ1) is 6.79. The van der Waals surface area contributed by atoms with E-state index in [-0.39, 0.29) is 0 Å². The number of nitrogens with two attached hydrogens (primary N) is 1. The first kappa shape index (κ1) is 9.17. The quantitative estimate of drug-likeness (QED) is 0.695. The lowest BCUT2D eigenvalue weighted by molar-refractivity contribution is -0.155. The molecule has 0 bridgehead atoms. The number of hydrogen-bond acceptors (Lipinski definition) is 2. The lowest BCUT2D eigenvalue weighted by Crippen LogP contribution is -2.51. The van der Waals surface area contributed by atoms with Gasteiger partial charge < -0.3 is 10.5 Å². The summed E-state index contributed by atoms with van der Waals surface area (Å²) in [6.07, 6.45) is 9.21. The largest absolute Gasteiger partial charge is 0.375 e. The molecule has 0 amide bonds. The maximum atomic E-state index is 6.06. The van der Waals surface area contributed by atoms with Crippen molar-refractivity contribution in [2.45, 2.75) is 56.6 Å². The maximum absolute atomic E-state index is 6.06. The Hall–Kier alpha value is -0.0800. The minimum absolute atomic E-state index is 0.318. The highest BCUT2D eigenvalue weighted by atomic mass is 16.5. The molecule has 2 saturated carbocycles. The van der Waals surface area contributed by atoms with E-state index in [0.29, 0.717) is 11.6 Å². The van der Waals surface area contributed by atoms with E-state index >= 15 is 0 Å². The van der Waals surface area contributed by atoms with Crippen LogP contribution in [-0.4, -0.2) is 18.2 Å². The van der Waals surface area contributed by atoms with Crippen LogP contribution in [0.25, 0.3) is 0 Å². The van der Waals surface area contributed by atoms with E-state index in [2.05, 4.69) is 0 Å². The summed E-state index contributed by atoms with van der Waals surface area (Å²) < 4.78 is 5.94. The zero-order valence-corrected chi connectivity index (χ0v) is 8.87. The minimum atomic E-state index is 0.318. The van der Waals surface area contributed by atoms with Gasteiger partial charge in [0, 0.05) is 12.6 Å². The Balaban J connectivity index is 1.63. The van der Waals surface area contributed by atoms with Crippen molar-refractivity contribution < 1.29 is 4.74 Å². The van der Waals surface area contributed by atoms with Gasteiger partial charge in [-0.05, 0) is 56.8 Å². The molecule has 0 aromatic heterocycles. The molecule has 1 aliphatic heterocycles. The molecule has 0 radical (unpaired) electrons. The number of ether oxygens (including phenoxy) is 1. The van der Waals surface area contributed by atoms with Gasteiger partial charge in [-0.3, -0.25) is 0 Å². The Morgan fingerprint density at radius 3 is 2.50 bits per heavy atom. The molecule has 0 aromatic carbocycles. The van der Waals surface area contributed by atoms with Crippen LogP contribution in [0.2, 0.25) is 0 Å². The molecule has 3 fully saturated rings. The minimum Gasteiger partial charge on any atom is -0.375 e. The third-order valence-corrected chi connectivity index (χ3v) is 4.78. The zero-order valence-electron chi connectivity index (χ0n) is 8.87. The van der Waals surface area contributed by atoms with Crippen LogP contribution in [0, 0.1) is 11.8 Å². The molecular weight excluding hydrogens is 174 g/mol. The molecule has 80 valence electrons. The molecular formula is C12H21NO. The average molecular weight is 195 g/mol. The number of rotatable bonds is 1. The Kier molecular flexibility index (Phi) is 2.10. The van der Waals surface area contributed by atoms with Gasteiger partial charge in [0.1, 0.15) is 0 Å². The Morgan fingerprint density at radius 1 is 1.14 bits per heavy atom. The van der Waals surface area contributed by atoms with E-state index < -0.39 is 0 Å². The van der Waals surface area contributed by atoms with Crippen LogP contribution in [-0.2, 0) is 4.74 Å². The third kappa shape index (κ3) is 1.31. The third-order valence-electron chi connectivity index (χ3n) is 4.78. The van der Waals surface area contributed by atoms with Gasteiger partial charge in [-0.15, -0.1) is 0 Å². The predicted molar refractivity (Wildman–Crippen MR) is 56.0 cm³/mol. The molecule has 2 aliphatic carbocycles. The highest BCUT2D eigenvalue weighted by Crippen LogP contribution is 2.48. The van der Waals surface area contributed by atoms with E-state index in [9.17, 15) is 0 Å². The average Bonchev–Trinajstić information content (AvgIpc) is 2.14. The van der Waals surface area contributed by atoms with Crippen LogP contribution in [0.5, 0.6) is 0 Å². The summed E-state index contributed by atoms with van der Waals surface area (Å²) in [5.41, 5.74) is 6.38. The molecule has 0 aromatic rings. The normalized spacial score (nSPS) is 45.6. The molecule has 1 heterocycles. The van der Waals surface area contributed by atoms with Crippen molar-refractivity contribution in [3.05, 3.63) is 0 Å². The van der Waals surface area contributed by atoms with E-state index in [0.717, 1.165) is 18.4 Å². The van der Waals surface area contributed by atoms with Crippen molar-refractivity contribution in [2.75, 3.05) is 6.61 Å². The van der Waals surface area contributed by atoms with Gasteiger partial charge >= 0.3 is 0 Å². The van der Waals surface area contributed by atoms with E-state index in [1.807, 2.05) is 0 Å². The molecule has 3 aliphatic rings. The van der Waals surface area contributed by atoms with Crippen LogP contribution < -0.4 is 5.73 Å². The monoisotopic (exact) mass is 195 g/mol. The highest BCUT2D eigenvalue weighted by Gasteiger charge is 2.46. The van der Waals surface area contributed by atoms with Crippen molar-refractivity contribution in [3.63, 3.8) is 0 Å². The van der Waals surface area contributed by atoms with E-state index in [1.54, 1.807) is 0 Å². The number of hydrogen-bond donors (Lipinski definition) is 1. The van der Waals surface area contributed by atoms with Crippen LogP contribution >= 0.6 is 0 Å². The van der Waals surface area contributed by atoms with Gasteiger partial charge in [0.15, 0.2) is 0 Å². The van der Waals surface area contributed by atoms with Crippen LogP contribution in [0.3, 0.4) is 0 Å². The molecule has 3 atom stereocenters. The van der Waals surface area contributed by atoms with Gasteiger partial charge in [-0.2, -0.15) is 0 Å². The second-order valence-electron chi connectivity index (χ2n) is 5.54. The summed E-state index contributed by atoms with van der Waals surface area (Å²) in [5.74, 6) is 1.71. The van der Waals surface area contributed by atoms with E-state index in [1.165, 1.54) is 44.9 Å². The topological polar surface area (TPSA) is 35.2 Å². The summed E-state index contributed by atoms with van der Waals surface area (Å²) in [4.78, 5) is 0. The van der Waals surface area contributed by atoms with Crippen molar-refractivity contribution >= 4 is 0 Å². The van der Waals surface area contributed by atoms with Gasteiger partial charge in [0.05, 0.1) is 5.60 Å². The lowest BCUT2D eigenvalue weighted by atomic mass is 9.63. The van der Waals surface area contributed by atoms with Gasteiger partial charge in [0.25, 0.3) is 0 Å². The molecule has 2 N–H and O–H groups in total. The highest BCUT2D eigenvalue weighted by molar-refractivity contribution is 4.98.